The van der Waals surface area contributed by atoms with Crippen LogP contribution in [-0.4, -0.2) is 12.1 Å². The van der Waals surface area contributed by atoms with Crippen LogP contribution in [-0.2, 0) is 9.53 Å². The van der Waals surface area contributed by atoms with Crippen LogP contribution in [0.4, 0.5) is 0 Å². The molecule has 2 atom stereocenters. The van der Waals surface area contributed by atoms with Crippen LogP contribution in [0.15, 0.2) is 12.7 Å². The predicted octanol–water partition coefficient (Wildman–Crippen LogP) is 4.10. The second-order valence-corrected chi connectivity index (χ2v) is 4.58. The lowest BCUT2D eigenvalue weighted by atomic mass is 9.89. The van der Waals surface area contributed by atoms with E-state index < -0.39 is 0 Å². The van der Waals surface area contributed by atoms with Crippen molar-refractivity contribution >= 4 is 5.97 Å². The summed E-state index contributed by atoms with van der Waals surface area (Å²) < 4.78 is 5.29. The van der Waals surface area contributed by atoms with E-state index in [9.17, 15) is 4.79 Å². The molecule has 16 heavy (non-hydrogen) atoms. The number of carbonyl (C=O) groups is 1. The second-order valence-electron chi connectivity index (χ2n) is 4.58. The molecule has 0 aliphatic heterocycles. The highest BCUT2D eigenvalue weighted by molar-refractivity contribution is 5.71. The first-order chi connectivity index (χ1) is 7.63. The lowest BCUT2D eigenvalue weighted by molar-refractivity contribution is -0.150. The summed E-state index contributed by atoms with van der Waals surface area (Å²) >= 11 is 0. The number of hydrogen-bond donors (Lipinski definition) is 0. The normalized spacial score (nSPS) is 23.9. The van der Waals surface area contributed by atoms with Crippen LogP contribution >= 0.6 is 0 Å². The topological polar surface area (TPSA) is 26.3 Å². The molecule has 1 rings (SSSR count). The fraction of sp³-hybridized carbons (Fsp3) is 0.786. The van der Waals surface area contributed by atoms with Crippen molar-refractivity contribution in [3.8, 4) is 0 Å². The number of ether oxygens (including phenoxy) is 1. The van der Waals surface area contributed by atoms with E-state index in [1.165, 1.54) is 19.3 Å². The molecule has 0 aromatic carbocycles. The molecule has 0 spiro atoms. The monoisotopic (exact) mass is 226 g/mol. The van der Waals surface area contributed by atoms with E-state index in [1.54, 1.807) is 6.08 Å². The van der Waals surface area contributed by atoms with Gasteiger partial charge in [0.15, 0.2) is 0 Å². The Morgan fingerprint density at radius 3 is 2.56 bits per heavy atom. The summed E-state index contributed by atoms with van der Waals surface area (Å²) in [5.41, 5.74) is 0. The number of rotatable bonds is 3. The van der Waals surface area contributed by atoms with Gasteiger partial charge in [-0.25, -0.2) is 0 Å². The van der Waals surface area contributed by atoms with E-state index in [4.69, 9.17) is 4.74 Å². The van der Waals surface area contributed by atoms with E-state index in [1.807, 2.05) is 0 Å². The quantitative estimate of drug-likeness (QED) is 0.535. The van der Waals surface area contributed by atoms with Crippen LogP contribution in [0.1, 0.15) is 59.3 Å². The number of esters is 1. The average Bonchev–Trinajstić information content (AvgIpc) is 2.19. The smallest absolute Gasteiger partial charge is 0.309 e. The van der Waals surface area contributed by atoms with Gasteiger partial charge in [0.2, 0.25) is 0 Å². The SMILES string of the molecule is C=CCC(=O)O[C@@H]1CCC[C@H](C)C1.CCC. The largest absolute Gasteiger partial charge is 0.462 e. The molecular weight excluding hydrogens is 200 g/mol. The predicted molar refractivity (Wildman–Crippen MR) is 68.3 cm³/mol. The van der Waals surface area contributed by atoms with Crippen LogP contribution in [0.5, 0.6) is 0 Å². The summed E-state index contributed by atoms with van der Waals surface area (Å²) in [6.07, 6.45) is 7.87. The zero-order valence-corrected chi connectivity index (χ0v) is 11.0. The van der Waals surface area contributed by atoms with Crippen LogP contribution < -0.4 is 0 Å². The Kier molecular flexibility index (Phi) is 8.97. The van der Waals surface area contributed by atoms with Crippen molar-refractivity contribution in [1.29, 1.82) is 0 Å². The van der Waals surface area contributed by atoms with Gasteiger partial charge in [-0.15, -0.1) is 6.58 Å². The second kappa shape index (κ2) is 9.44. The van der Waals surface area contributed by atoms with Gasteiger partial charge in [-0.1, -0.05) is 39.7 Å². The third kappa shape index (κ3) is 7.49. The van der Waals surface area contributed by atoms with Gasteiger partial charge in [0.1, 0.15) is 6.10 Å². The average molecular weight is 226 g/mol. The zero-order chi connectivity index (χ0) is 12.4. The van der Waals surface area contributed by atoms with Crippen LogP contribution in [0, 0.1) is 5.92 Å². The van der Waals surface area contributed by atoms with Gasteiger partial charge >= 0.3 is 5.97 Å². The highest BCUT2D eigenvalue weighted by atomic mass is 16.5. The summed E-state index contributed by atoms with van der Waals surface area (Å²) in [7, 11) is 0. The molecule has 0 radical (unpaired) electrons. The van der Waals surface area contributed by atoms with Crippen LogP contribution in [0.3, 0.4) is 0 Å². The Morgan fingerprint density at radius 1 is 1.44 bits per heavy atom. The minimum Gasteiger partial charge on any atom is -0.462 e. The lowest BCUT2D eigenvalue weighted by Crippen LogP contribution is -2.24. The van der Waals surface area contributed by atoms with Gasteiger partial charge in [-0.3, -0.25) is 4.79 Å². The molecule has 1 fully saturated rings. The van der Waals surface area contributed by atoms with Gasteiger partial charge in [-0.05, 0) is 25.2 Å². The summed E-state index contributed by atoms with van der Waals surface area (Å²) in [6, 6.07) is 0. The van der Waals surface area contributed by atoms with Gasteiger partial charge in [-0.2, -0.15) is 0 Å². The van der Waals surface area contributed by atoms with Gasteiger partial charge in [0.25, 0.3) is 0 Å². The van der Waals surface area contributed by atoms with E-state index in [-0.39, 0.29) is 12.1 Å². The molecule has 0 saturated heterocycles. The van der Waals surface area contributed by atoms with E-state index in [2.05, 4.69) is 27.4 Å². The third-order valence-corrected chi connectivity index (χ3v) is 2.50. The Balaban J connectivity index is 0.000000673. The fourth-order valence-electron chi connectivity index (χ4n) is 1.84. The molecular formula is C14H26O2. The molecule has 94 valence electrons. The molecule has 0 unspecified atom stereocenters. The third-order valence-electron chi connectivity index (χ3n) is 2.50. The van der Waals surface area contributed by atoms with Crippen molar-refractivity contribution in [3.05, 3.63) is 12.7 Å². The maximum absolute atomic E-state index is 11.1. The van der Waals surface area contributed by atoms with Crippen LogP contribution in [0.2, 0.25) is 0 Å². The molecule has 2 nitrogen and oxygen atoms in total. The minimum atomic E-state index is -0.130. The first-order valence-corrected chi connectivity index (χ1v) is 6.44. The van der Waals surface area contributed by atoms with Crippen molar-refractivity contribution < 1.29 is 9.53 Å². The van der Waals surface area contributed by atoms with E-state index >= 15 is 0 Å². The Morgan fingerprint density at radius 2 is 2.06 bits per heavy atom. The molecule has 1 aliphatic carbocycles. The highest BCUT2D eigenvalue weighted by Gasteiger charge is 2.21. The standard InChI is InChI=1S/C11H18O2.C3H8/c1-3-5-11(12)13-10-7-4-6-9(2)8-10;1-3-2/h3,9-10H,1,4-8H2,2H3;3H2,1-2H3/t9-,10+;/m0./s1. The first-order valence-electron chi connectivity index (χ1n) is 6.44. The van der Waals surface area contributed by atoms with Crippen molar-refractivity contribution in [2.45, 2.75) is 65.4 Å². The van der Waals surface area contributed by atoms with Gasteiger partial charge in [0, 0.05) is 0 Å². The van der Waals surface area contributed by atoms with Crippen molar-refractivity contribution in [1.82, 2.24) is 0 Å². The van der Waals surface area contributed by atoms with Gasteiger partial charge < -0.3 is 4.74 Å². The van der Waals surface area contributed by atoms with Crippen molar-refractivity contribution in [3.63, 3.8) is 0 Å². The Bertz CT molecular complexity index is 199. The maximum Gasteiger partial charge on any atom is 0.309 e. The summed E-state index contributed by atoms with van der Waals surface area (Å²) in [5, 5.41) is 0. The van der Waals surface area contributed by atoms with Gasteiger partial charge in [0.05, 0.1) is 6.42 Å². The van der Waals surface area contributed by atoms with Crippen LogP contribution in [0.25, 0.3) is 0 Å². The molecule has 2 heteroatoms. The molecule has 1 aliphatic rings. The summed E-state index contributed by atoms with van der Waals surface area (Å²) in [4.78, 5) is 11.1. The first kappa shape index (κ1) is 15.2. The Labute approximate surface area is 100 Å². The molecule has 0 bridgehead atoms. The maximum atomic E-state index is 11.1. The summed E-state index contributed by atoms with van der Waals surface area (Å²) in [6.45, 7) is 9.97. The zero-order valence-electron chi connectivity index (χ0n) is 11.0. The number of carbonyl (C=O) groups excluding carboxylic acids is 1. The summed E-state index contributed by atoms with van der Waals surface area (Å²) in [5.74, 6) is 0.574. The molecule has 0 heterocycles. The highest BCUT2D eigenvalue weighted by Crippen LogP contribution is 2.25. The number of hydrogen-bond acceptors (Lipinski definition) is 2. The lowest BCUT2D eigenvalue weighted by Gasteiger charge is -2.26. The molecule has 0 aromatic heterocycles. The van der Waals surface area contributed by atoms with E-state index in [0.29, 0.717) is 12.3 Å². The molecule has 0 amide bonds. The minimum absolute atomic E-state index is 0.130. The molecule has 0 N–H and O–H groups in total. The van der Waals surface area contributed by atoms with Crippen molar-refractivity contribution in [2.75, 3.05) is 0 Å². The molecule has 0 aromatic rings. The molecule has 1 saturated carbocycles. The fourth-order valence-corrected chi connectivity index (χ4v) is 1.84. The van der Waals surface area contributed by atoms with E-state index in [0.717, 1.165) is 12.8 Å². The van der Waals surface area contributed by atoms with Crippen molar-refractivity contribution in [2.24, 2.45) is 5.92 Å². The Hall–Kier alpha value is -0.790.